The lowest BCUT2D eigenvalue weighted by molar-refractivity contribution is 0.101. The lowest BCUT2D eigenvalue weighted by Crippen LogP contribution is -2.17. The van der Waals surface area contributed by atoms with Crippen LogP contribution < -0.4 is 5.32 Å². The SMILES string of the molecule is CCNCc1ncnn1CCCC1CCCO1. The first kappa shape index (κ1) is 12.5. The number of hydrogen-bond donors (Lipinski definition) is 1. The van der Waals surface area contributed by atoms with Crippen LogP contribution in [0.1, 0.15) is 38.4 Å². The van der Waals surface area contributed by atoms with Crippen molar-refractivity contribution in [1.29, 1.82) is 0 Å². The molecule has 0 radical (unpaired) electrons. The summed E-state index contributed by atoms with van der Waals surface area (Å²) in [5.74, 6) is 1.03. The number of ether oxygens (including phenoxy) is 1. The van der Waals surface area contributed by atoms with Crippen molar-refractivity contribution < 1.29 is 4.74 Å². The van der Waals surface area contributed by atoms with E-state index in [0.717, 1.165) is 44.9 Å². The topological polar surface area (TPSA) is 52.0 Å². The van der Waals surface area contributed by atoms with E-state index in [9.17, 15) is 0 Å². The molecule has 0 spiro atoms. The maximum atomic E-state index is 5.61. The number of hydrogen-bond acceptors (Lipinski definition) is 4. The van der Waals surface area contributed by atoms with Gasteiger partial charge in [-0.1, -0.05) is 6.92 Å². The van der Waals surface area contributed by atoms with E-state index in [4.69, 9.17) is 4.74 Å². The Morgan fingerprint density at radius 3 is 3.29 bits per heavy atom. The quantitative estimate of drug-likeness (QED) is 0.779. The molecule has 0 bridgehead atoms. The van der Waals surface area contributed by atoms with Gasteiger partial charge in [0.2, 0.25) is 0 Å². The van der Waals surface area contributed by atoms with E-state index in [-0.39, 0.29) is 0 Å². The third-order valence-electron chi connectivity index (χ3n) is 3.15. The molecule has 1 saturated heterocycles. The molecule has 1 aromatic rings. The Bertz CT molecular complexity index is 320. The van der Waals surface area contributed by atoms with Crippen LogP contribution in [0.2, 0.25) is 0 Å². The van der Waals surface area contributed by atoms with Crippen molar-refractivity contribution >= 4 is 0 Å². The molecule has 1 aliphatic heterocycles. The van der Waals surface area contributed by atoms with E-state index >= 15 is 0 Å². The molecule has 1 atom stereocenters. The van der Waals surface area contributed by atoms with Gasteiger partial charge in [0.1, 0.15) is 12.2 Å². The highest BCUT2D eigenvalue weighted by atomic mass is 16.5. The first-order chi connectivity index (χ1) is 8.40. The largest absolute Gasteiger partial charge is 0.378 e. The Balaban J connectivity index is 1.72. The molecule has 2 heterocycles. The van der Waals surface area contributed by atoms with Gasteiger partial charge in [-0.15, -0.1) is 0 Å². The fourth-order valence-corrected chi connectivity index (χ4v) is 2.19. The van der Waals surface area contributed by atoms with E-state index < -0.39 is 0 Å². The van der Waals surface area contributed by atoms with Crippen LogP contribution in [0.15, 0.2) is 6.33 Å². The van der Waals surface area contributed by atoms with Crippen LogP contribution in [0.25, 0.3) is 0 Å². The zero-order valence-electron chi connectivity index (χ0n) is 10.6. The van der Waals surface area contributed by atoms with Gasteiger partial charge >= 0.3 is 0 Å². The first-order valence-corrected chi connectivity index (χ1v) is 6.59. The summed E-state index contributed by atoms with van der Waals surface area (Å²) in [4.78, 5) is 4.26. The summed E-state index contributed by atoms with van der Waals surface area (Å²) < 4.78 is 7.61. The highest BCUT2D eigenvalue weighted by Crippen LogP contribution is 2.17. The molecule has 5 heteroatoms. The molecular formula is C12H22N4O. The summed E-state index contributed by atoms with van der Waals surface area (Å²) in [5, 5.41) is 7.53. The summed E-state index contributed by atoms with van der Waals surface area (Å²) in [6, 6.07) is 0. The predicted molar refractivity (Wildman–Crippen MR) is 65.6 cm³/mol. The summed E-state index contributed by atoms with van der Waals surface area (Å²) in [6.45, 7) is 5.75. The average molecular weight is 238 g/mol. The standard InChI is InChI=1S/C12H22N4O/c1-2-13-9-12-14-10-15-16(12)7-3-5-11-6-4-8-17-11/h10-11,13H,2-9H2,1H3. The van der Waals surface area contributed by atoms with Crippen molar-refractivity contribution in [1.82, 2.24) is 20.1 Å². The van der Waals surface area contributed by atoms with Gasteiger partial charge in [-0.2, -0.15) is 5.10 Å². The van der Waals surface area contributed by atoms with Gasteiger partial charge in [-0.05, 0) is 32.2 Å². The van der Waals surface area contributed by atoms with Gasteiger partial charge in [0.25, 0.3) is 0 Å². The van der Waals surface area contributed by atoms with Crippen LogP contribution in [0.3, 0.4) is 0 Å². The average Bonchev–Trinajstić information content (AvgIpc) is 2.98. The molecule has 1 N–H and O–H groups in total. The Kier molecular flexibility index (Phi) is 4.94. The molecule has 5 nitrogen and oxygen atoms in total. The summed E-state index contributed by atoms with van der Waals surface area (Å²) in [5.41, 5.74) is 0. The molecule has 0 saturated carbocycles. The molecule has 1 aliphatic rings. The van der Waals surface area contributed by atoms with Crippen LogP contribution in [-0.2, 0) is 17.8 Å². The van der Waals surface area contributed by atoms with Gasteiger partial charge in [0.15, 0.2) is 0 Å². The number of rotatable bonds is 7. The molecule has 0 aromatic carbocycles. The van der Waals surface area contributed by atoms with Crippen molar-refractivity contribution in [2.75, 3.05) is 13.2 Å². The Hall–Kier alpha value is -0.940. The molecular weight excluding hydrogens is 216 g/mol. The molecule has 96 valence electrons. The van der Waals surface area contributed by atoms with Crippen LogP contribution >= 0.6 is 0 Å². The fourth-order valence-electron chi connectivity index (χ4n) is 2.19. The number of aryl methyl sites for hydroxylation is 1. The van der Waals surface area contributed by atoms with Gasteiger partial charge in [0.05, 0.1) is 12.6 Å². The minimum absolute atomic E-state index is 0.482. The smallest absolute Gasteiger partial charge is 0.140 e. The van der Waals surface area contributed by atoms with Crippen molar-refractivity contribution in [2.45, 2.75) is 51.8 Å². The van der Waals surface area contributed by atoms with E-state index in [2.05, 4.69) is 22.3 Å². The maximum Gasteiger partial charge on any atom is 0.140 e. The predicted octanol–water partition coefficient (Wildman–Crippen LogP) is 1.35. The van der Waals surface area contributed by atoms with E-state index in [0.29, 0.717) is 6.10 Å². The monoisotopic (exact) mass is 238 g/mol. The van der Waals surface area contributed by atoms with Crippen LogP contribution in [0.5, 0.6) is 0 Å². The second-order valence-electron chi connectivity index (χ2n) is 4.46. The van der Waals surface area contributed by atoms with Crippen LogP contribution in [0.4, 0.5) is 0 Å². The maximum absolute atomic E-state index is 5.61. The summed E-state index contributed by atoms with van der Waals surface area (Å²) in [7, 11) is 0. The molecule has 0 aliphatic carbocycles. The highest BCUT2D eigenvalue weighted by molar-refractivity contribution is 4.83. The fraction of sp³-hybridized carbons (Fsp3) is 0.833. The molecule has 1 unspecified atom stereocenters. The lowest BCUT2D eigenvalue weighted by atomic mass is 10.1. The third-order valence-corrected chi connectivity index (χ3v) is 3.15. The molecule has 1 aromatic heterocycles. The van der Waals surface area contributed by atoms with E-state index in [1.54, 1.807) is 6.33 Å². The normalized spacial score (nSPS) is 19.9. The molecule has 1 fully saturated rings. The second kappa shape index (κ2) is 6.71. The third kappa shape index (κ3) is 3.78. The van der Waals surface area contributed by atoms with Crippen molar-refractivity contribution in [2.24, 2.45) is 0 Å². The minimum Gasteiger partial charge on any atom is -0.378 e. The van der Waals surface area contributed by atoms with Gasteiger partial charge in [-0.25, -0.2) is 9.67 Å². The number of nitrogens with one attached hydrogen (secondary N) is 1. The van der Waals surface area contributed by atoms with Crippen LogP contribution in [0, 0.1) is 0 Å². The van der Waals surface area contributed by atoms with Crippen molar-refractivity contribution in [3.63, 3.8) is 0 Å². The summed E-state index contributed by atoms with van der Waals surface area (Å²) in [6.07, 6.45) is 6.82. The first-order valence-electron chi connectivity index (χ1n) is 6.59. The Morgan fingerprint density at radius 2 is 2.53 bits per heavy atom. The highest BCUT2D eigenvalue weighted by Gasteiger charge is 2.15. The van der Waals surface area contributed by atoms with Crippen molar-refractivity contribution in [3.8, 4) is 0 Å². The molecule has 0 amide bonds. The zero-order valence-corrected chi connectivity index (χ0v) is 10.6. The summed E-state index contributed by atoms with van der Waals surface area (Å²) >= 11 is 0. The van der Waals surface area contributed by atoms with Crippen molar-refractivity contribution in [3.05, 3.63) is 12.2 Å². The second-order valence-corrected chi connectivity index (χ2v) is 4.46. The number of nitrogens with zero attached hydrogens (tertiary/aromatic N) is 3. The van der Waals surface area contributed by atoms with E-state index in [1.165, 1.54) is 12.8 Å². The number of aromatic nitrogens is 3. The Morgan fingerprint density at radius 1 is 1.59 bits per heavy atom. The van der Waals surface area contributed by atoms with E-state index in [1.807, 2.05) is 4.68 Å². The molecule has 2 rings (SSSR count). The Labute approximate surface area is 103 Å². The van der Waals surface area contributed by atoms with Gasteiger partial charge in [-0.3, -0.25) is 0 Å². The molecule has 17 heavy (non-hydrogen) atoms. The zero-order chi connectivity index (χ0) is 11.9. The van der Waals surface area contributed by atoms with Crippen LogP contribution in [-0.4, -0.2) is 34.0 Å². The minimum atomic E-state index is 0.482. The van der Waals surface area contributed by atoms with Gasteiger partial charge < -0.3 is 10.1 Å². The lowest BCUT2D eigenvalue weighted by Gasteiger charge is -2.10. The van der Waals surface area contributed by atoms with Gasteiger partial charge in [0, 0.05) is 13.2 Å².